The summed E-state index contributed by atoms with van der Waals surface area (Å²) in [7, 11) is 0. The number of benzene rings is 1. The number of nitrogen functional groups attached to an aromatic ring is 1. The van der Waals surface area contributed by atoms with Gasteiger partial charge in [0.15, 0.2) is 10.8 Å². The van der Waals surface area contributed by atoms with Crippen LogP contribution in [0, 0.1) is 0 Å². The van der Waals surface area contributed by atoms with Crippen molar-refractivity contribution in [3.63, 3.8) is 0 Å². The third-order valence-electron chi connectivity index (χ3n) is 2.73. The van der Waals surface area contributed by atoms with Crippen LogP contribution in [-0.4, -0.2) is 17.1 Å². The van der Waals surface area contributed by atoms with Gasteiger partial charge >= 0.3 is 0 Å². The molecule has 0 spiro atoms. The fourth-order valence-corrected chi connectivity index (χ4v) is 2.78. The van der Waals surface area contributed by atoms with Crippen LogP contribution < -0.4 is 11.2 Å². The lowest BCUT2D eigenvalue weighted by atomic mass is 10.2. The molecular weight excluding hydrogens is 441 g/mol. The van der Waals surface area contributed by atoms with Crippen LogP contribution in [-0.2, 0) is 0 Å². The van der Waals surface area contributed by atoms with Gasteiger partial charge in [-0.2, -0.15) is 5.10 Å². The summed E-state index contributed by atoms with van der Waals surface area (Å²) in [5.41, 5.74) is 7.88. The Morgan fingerprint density at radius 1 is 1.04 bits per heavy atom. The minimum atomic E-state index is -0.754. The van der Waals surface area contributed by atoms with Gasteiger partial charge in [-0.1, -0.05) is 69.6 Å². The summed E-state index contributed by atoms with van der Waals surface area (Å²) in [6, 6.07) is 3.07. The number of aromatic nitrogens is 1. The molecule has 1 aromatic heterocycles. The van der Waals surface area contributed by atoms with E-state index in [1.54, 1.807) is 0 Å². The number of halogens is 6. The second-order valence-electron chi connectivity index (χ2n) is 4.25. The second-order valence-corrected chi connectivity index (χ2v) is 6.56. The van der Waals surface area contributed by atoms with Gasteiger partial charge in [-0.25, -0.2) is 10.4 Å². The normalized spacial score (nSPS) is 11.1. The molecule has 0 aliphatic heterocycles. The van der Waals surface area contributed by atoms with E-state index < -0.39 is 5.91 Å². The molecule has 0 saturated carbocycles. The van der Waals surface area contributed by atoms with Crippen molar-refractivity contribution in [3.05, 3.63) is 53.7 Å². The molecule has 0 radical (unpaired) electrons. The number of nitrogens with one attached hydrogen (secondary N) is 1. The first-order valence-corrected chi connectivity index (χ1v) is 8.27. The molecule has 3 N–H and O–H groups in total. The molecule has 0 unspecified atom stereocenters. The fraction of sp³-hybridized carbons (Fsp3) is 0. The Morgan fingerprint density at radius 3 is 2.33 bits per heavy atom. The molecule has 5 nitrogen and oxygen atoms in total. The highest BCUT2D eigenvalue weighted by Crippen LogP contribution is 2.34. The SMILES string of the molecule is Nc1c(Cl)c(Cl)nc(C(=O)N/N=C/c2c(Cl)ccc(Cl)c2Cl)c1Cl. The molecule has 0 bridgehead atoms. The van der Waals surface area contributed by atoms with E-state index in [9.17, 15) is 4.79 Å². The van der Waals surface area contributed by atoms with Crippen molar-refractivity contribution in [1.82, 2.24) is 10.4 Å². The van der Waals surface area contributed by atoms with Gasteiger partial charge in [0, 0.05) is 5.56 Å². The molecule has 0 saturated heterocycles. The van der Waals surface area contributed by atoms with Gasteiger partial charge in [0.25, 0.3) is 5.91 Å². The number of hydrogen-bond acceptors (Lipinski definition) is 4. The second kappa shape index (κ2) is 7.95. The number of amides is 1. The van der Waals surface area contributed by atoms with Crippen molar-refractivity contribution < 1.29 is 4.79 Å². The van der Waals surface area contributed by atoms with E-state index in [0.29, 0.717) is 10.6 Å². The summed E-state index contributed by atoms with van der Waals surface area (Å²) in [4.78, 5) is 15.9. The number of hydrogen-bond donors (Lipinski definition) is 2. The Labute approximate surface area is 166 Å². The van der Waals surface area contributed by atoms with Gasteiger partial charge in [-0.05, 0) is 12.1 Å². The van der Waals surface area contributed by atoms with E-state index in [4.69, 9.17) is 75.3 Å². The quantitative estimate of drug-likeness (QED) is 0.288. The lowest BCUT2D eigenvalue weighted by Gasteiger charge is -2.08. The largest absolute Gasteiger partial charge is 0.396 e. The summed E-state index contributed by atoms with van der Waals surface area (Å²) in [5, 5.41) is 4.17. The zero-order valence-corrected chi connectivity index (χ0v) is 15.9. The molecule has 0 fully saturated rings. The molecular formula is C13H6Cl6N4O. The van der Waals surface area contributed by atoms with Crippen molar-refractivity contribution in [1.29, 1.82) is 0 Å². The maximum absolute atomic E-state index is 12.1. The Bertz CT molecular complexity index is 855. The molecule has 0 aliphatic carbocycles. The lowest BCUT2D eigenvalue weighted by molar-refractivity contribution is 0.0950. The number of nitrogens with two attached hydrogens (primary N) is 1. The first-order chi connectivity index (χ1) is 11.2. The molecule has 24 heavy (non-hydrogen) atoms. The number of nitrogens with zero attached hydrogens (tertiary/aromatic N) is 2. The molecule has 2 rings (SSSR count). The summed E-state index contributed by atoms with van der Waals surface area (Å²) >= 11 is 35.4. The van der Waals surface area contributed by atoms with Crippen LogP contribution in [0.2, 0.25) is 30.3 Å². The Hall–Kier alpha value is -0.950. The minimum Gasteiger partial charge on any atom is -0.396 e. The van der Waals surface area contributed by atoms with Gasteiger partial charge in [0.05, 0.1) is 32.0 Å². The van der Waals surface area contributed by atoms with Crippen LogP contribution in [0.1, 0.15) is 16.1 Å². The van der Waals surface area contributed by atoms with E-state index in [1.807, 2.05) is 0 Å². The van der Waals surface area contributed by atoms with E-state index in [2.05, 4.69) is 15.5 Å². The first kappa shape index (κ1) is 19.4. The van der Waals surface area contributed by atoms with Crippen LogP contribution in [0.3, 0.4) is 0 Å². The summed E-state index contributed by atoms with van der Waals surface area (Å²) in [5.74, 6) is -0.754. The van der Waals surface area contributed by atoms with Crippen molar-refractivity contribution in [2.45, 2.75) is 0 Å². The highest BCUT2D eigenvalue weighted by molar-refractivity contribution is 6.46. The predicted octanol–water partition coefficient (Wildman–Crippen LogP) is 5.35. The molecule has 0 aliphatic rings. The molecule has 2 aromatic rings. The van der Waals surface area contributed by atoms with Crippen LogP contribution in [0.4, 0.5) is 5.69 Å². The number of carbonyl (C=O) groups excluding carboxylic acids is 1. The number of hydrazone groups is 1. The lowest BCUT2D eigenvalue weighted by Crippen LogP contribution is -2.20. The standard InChI is InChI=1S/C13H6Cl6N4O/c14-5-1-2-6(15)7(16)4(5)3-21-23-13(24)11-8(17)10(20)9(18)12(19)22-11/h1-3H,(H2,20,22)(H,23,24)/b21-3+. The van der Waals surface area contributed by atoms with Gasteiger partial charge in [0.2, 0.25) is 0 Å². The monoisotopic (exact) mass is 444 g/mol. The Kier molecular flexibility index (Phi) is 6.42. The van der Waals surface area contributed by atoms with Gasteiger partial charge < -0.3 is 5.73 Å². The van der Waals surface area contributed by atoms with Gasteiger partial charge in [-0.15, -0.1) is 0 Å². The molecule has 1 heterocycles. The number of rotatable bonds is 3. The fourth-order valence-electron chi connectivity index (χ4n) is 1.55. The van der Waals surface area contributed by atoms with Crippen LogP contribution in [0.5, 0.6) is 0 Å². The number of anilines is 1. The highest BCUT2D eigenvalue weighted by atomic mass is 35.5. The maximum atomic E-state index is 12.1. The maximum Gasteiger partial charge on any atom is 0.291 e. The topological polar surface area (TPSA) is 80.4 Å². The average molecular weight is 447 g/mol. The molecule has 1 aromatic carbocycles. The zero-order valence-electron chi connectivity index (χ0n) is 11.4. The predicted molar refractivity (Wildman–Crippen MR) is 100 cm³/mol. The third-order valence-corrected chi connectivity index (χ3v) is 5.01. The zero-order chi connectivity index (χ0) is 18.0. The molecule has 1 amide bonds. The Balaban J connectivity index is 2.25. The summed E-state index contributed by atoms with van der Waals surface area (Å²) in [6.45, 7) is 0. The van der Waals surface area contributed by atoms with Crippen molar-refractivity contribution in [2.24, 2.45) is 5.10 Å². The van der Waals surface area contributed by atoms with E-state index in [0.717, 1.165) is 0 Å². The summed E-state index contributed by atoms with van der Waals surface area (Å²) < 4.78 is 0. The summed E-state index contributed by atoms with van der Waals surface area (Å²) in [6.07, 6.45) is 1.23. The first-order valence-electron chi connectivity index (χ1n) is 6.01. The average Bonchev–Trinajstić information content (AvgIpc) is 2.55. The molecule has 0 atom stereocenters. The van der Waals surface area contributed by atoms with Gasteiger partial charge in [0.1, 0.15) is 5.02 Å². The number of pyridine rings is 1. The van der Waals surface area contributed by atoms with E-state index in [-0.39, 0.29) is 36.6 Å². The van der Waals surface area contributed by atoms with Crippen molar-refractivity contribution in [3.8, 4) is 0 Å². The molecule has 11 heteroatoms. The number of carbonyl (C=O) groups is 1. The van der Waals surface area contributed by atoms with Gasteiger partial charge in [-0.3, -0.25) is 4.79 Å². The Morgan fingerprint density at radius 2 is 1.67 bits per heavy atom. The minimum absolute atomic E-state index is 0.0424. The van der Waals surface area contributed by atoms with Crippen LogP contribution >= 0.6 is 69.6 Å². The van der Waals surface area contributed by atoms with Crippen LogP contribution in [0.15, 0.2) is 17.2 Å². The van der Waals surface area contributed by atoms with Crippen LogP contribution in [0.25, 0.3) is 0 Å². The van der Waals surface area contributed by atoms with Crippen molar-refractivity contribution >= 4 is 87.4 Å². The third kappa shape index (κ3) is 3.99. The smallest absolute Gasteiger partial charge is 0.291 e. The highest BCUT2D eigenvalue weighted by Gasteiger charge is 2.19. The van der Waals surface area contributed by atoms with Crippen molar-refractivity contribution in [2.75, 3.05) is 5.73 Å². The van der Waals surface area contributed by atoms with E-state index in [1.165, 1.54) is 18.3 Å². The molecule has 126 valence electrons. The van der Waals surface area contributed by atoms with E-state index >= 15 is 0 Å².